The number of nitrogens with one attached hydrogen (secondary N) is 1. The second kappa shape index (κ2) is 5.22. The standard InChI is InChI=1S/C16H19F2N3/c1-9-10(2)20-21(11(9)3)16-14(17)6-12(7-15(16)18)8-19-13-4-5-13/h6-7,13,19H,4-5,8H2,1-3H3. The Morgan fingerprint density at radius 1 is 1.19 bits per heavy atom. The number of aromatic nitrogens is 2. The fourth-order valence-corrected chi connectivity index (χ4v) is 2.41. The number of aryl methyl sites for hydroxylation is 1. The van der Waals surface area contributed by atoms with Crippen LogP contribution in [-0.2, 0) is 6.54 Å². The van der Waals surface area contributed by atoms with E-state index in [-0.39, 0.29) is 5.69 Å². The molecule has 1 aromatic heterocycles. The first-order valence-corrected chi connectivity index (χ1v) is 7.22. The van der Waals surface area contributed by atoms with Gasteiger partial charge in [-0.3, -0.25) is 0 Å². The quantitative estimate of drug-likeness (QED) is 0.936. The van der Waals surface area contributed by atoms with Crippen molar-refractivity contribution in [2.75, 3.05) is 0 Å². The van der Waals surface area contributed by atoms with Gasteiger partial charge in [0, 0.05) is 18.3 Å². The SMILES string of the molecule is Cc1nn(-c2c(F)cc(CNC3CC3)cc2F)c(C)c1C. The van der Waals surface area contributed by atoms with E-state index in [9.17, 15) is 8.78 Å². The lowest BCUT2D eigenvalue weighted by molar-refractivity contribution is 0.550. The fourth-order valence-electron chi connectivity index (χ4n) is 2.41. The van der Waals surface area contributed by atoms with Crippen LogP contribution in [-0.4, -0.2) is 15.8 Å². The molecule has 0 bridgehead atoms. The van der Waals surface area contributed by atoms with Crippen molar-refractivity contribution in [1.82, 2.24) is 15.1 Å². The van der Waals surface area contributed by atoms with Gasteiger partial charge in [0.1, 0.15) is 5.69 Å². The molecule has 1 aromatic carbocycles. The Kier molecular flexibility index (Phi) is 3.53. The monoisotopic (exact) mass is 291 g/mol. The maximum Gasteiger partial charge on any atom is 0.152 e. The number of hydrogen-bond acceptors (Lipinski definition) is 2. The molecule has 0 amide bonds. The van der Waals surface area contributed by atoms with Crippen LogP contribution in [0.25, 0.3) is 5.69 Å². The van der Waals surface area contributed by atoms with Gasteiger partial charge in [0.05, 0.1) is 5.69 Å². The van der Waals surface area contributed by atoms with Crippen LogP contribution >= 0.6 is 0 Å². The third-order valence-corrected chi connectivity index (χ3v) is 4.11. The van der Waals surface area contributed by atoms with E-state index in [0.717, 1.165) is 29.8 Å². The van der Waals surface area contributed by atoms with Gasteiger partial charge in [0.25, 0.3) is 0 Å². The Bertz CT molecular complexity index is 664. The van der Waals surface area contributed by atoms with Gasteiger partial charge in [-0.25, -0.2) is 13.5 Å². The Hall–Kier alpha value is -1.75. The summed E-state index contributed by atoms with van der Waals surface area (Å²) in [6.07, 6.45) is 2.29. The second-order valence-corrected chi connectivity index (χ2v) is 5.77. The van der Waals surface area contributed by atoms with Gasteiger partial charge in [-0.2, -0.15) is 5.10 Å². The molecule has 5 heteroatoms. The first kappa shape index (κ1) is 14.2. The summed E-state index contributed by atoms with van der Waals surface area (Å²) in [7, 11) is 0. The first-order valence-electron chi connectivity index (χ1n) is 7.22. The highest BCUT2D eigenvalue weighted by atomic mass is 19.1. The third-order valence-electron chi connectivity index (χ3n) is 4.11. The normalized spacial score (nSPS) is 14.7. The number of rotatable bonds is 4. The van der Waals surface area contributed by atoms with Gasteiger partial charge in [-0.05, 0) is 56.9 Å². The highest BCUT2D eigenvalue weighted by Gasteiger charge is 2.21. The molecule has 1 fully saturated rings. The molecule has 2 aromatic rings. The van der Waals surface area contributed by atoms with Crippen molar-refractivity contribution in [2.24, 2.45) is 0 Å². The topological polar surface area (TPSA) is 29.9 Å². The maximum atomic E-state index is 14.3. The number of nitrogens with zero attached hydrogens (tertiary/aromatic N) is 2. The third kappa shape index (κ3) is 2.70. The van der Waals surface area contributed by atoms with Crippen molar-refractivity contribution >= 4 is 0 Å². The Labute approximate surface area is 123 Å². The zero-order valence-electron chi connectivity index (χ0n) is 12.5. The summed E-state index contributed by atoms with van der Waals surface area (Å²) >= 11 is 0. The largest absolute Gasteiger partial charge is 0.310 e. The smallest absolute Gasteiger partial charge is 0.152 e. The summed E-state index contributed by atoms with van der Waals surface area (Å²) in [5.41, 5.74) is 3.02. The average molecular weight is 291 g/mol. The first-order chi connectivity index (χ1) is 9.97. The lowest BCUT2D eigenvalue weighted by Crippen LogP contribution is -2.16. The number of halogens is 2. The molecule has 1 saturated carbocycles. The van der Waals surface area contributed by atoms with Gasteiger partial charge < -0.3 is 5.32 Å². The average Bonchev–Trinajstić information content (AvgIpc) is 3.21. The minimum Gasteiger partial charge on any atom is -0.310 e. The Morgan fingerprint density at radius 2 is 1.81 bits per heavy atom. The molecule has 112 valence electrons. The second-order valence-electron chi connectivity index (χ2n) is 5.77. The van der Waals surface area contributed by atoms with E-state index in [1.807, 2.05) is 20.8 Å². The molecule has 3 nitrogen and oxygen atoms in total. The van der Waals surface area contributed by atoms with Gasteiger partial charge in [0.2, 0.25) is 0 Å². The summed E-state index contributed by atoms with van der Waals surface area (Å²) in [5, 5.41) is 7.49. The van der Waals surface area contributed by atoms with E-state index in [1.54, 1.807) is 0 Å². The van der Waals surface area contributed by atoms with Crippen molar-refractivity contribution in [3.8, 4) is 5.69 Å². The van der Waals surface area contributed by atoms with Crippen LogP contribution in [0, 0.1) is 32.4 Å². The molecule has 1 aliphatic rings. The predicted octanol–water partition coefficient (Wildman–Crippen LogP) is 3.33. The molecule has 0 spiro atoms. The Morgan fingerprint density at radius 3 is 2.29 bits per heavy atom. The zero-order chi connectivity index (χ0) is 15.1. The highest BCUT2D eigenvalue weighted by molar-refractivity contribution is 5.41. The number of hydrogen-bond donors (Lipinski definition) is 1. The summed E-state index contributed by atoms with van der Waals surface area (Å²) < 4.78 is 30.0. The van der Waals surface area contributed by atoms with E-state index in [4.69, 9.17) is 0 Å². The van der Waals surface area contributed by atoms with Crippen molar-refractivity contribution in [1.29, 1.82) is 0 Å². The molecule has 1 N–H and O–H groups in total. The van der Waals surface area contributed by atoms with Crippen LogP contribution < -0.4 is 5.32 Å². The van der Waals surface area contributed by atoms with Crippen molar-refractivity contribution < 1.29 is 8.78 Å². The van der Waals surface area contributed by atoms with Gasteiger partial charge in [-0.15, -0.1) is 0 Å². The van der Waals surface area contributed by atoms with E-state index in [1.165, 1.54) is 16.8 Å². The van der Waals surface area contributed by atoms with Crippen LogP contribution in [0.1, 0.15) is 35.4 Å². The van der Waals surface area contributed by atoms with Crippen LogP contribution in [0.5, 0.6) is 0 Å². The van der Waals surface area contributed by atoms with Gasteiger partial charge in [0.15, 0.2) is 11.6 Å². The van der Waals surface area contributed by atoms with Crippen molar-refractivity contribution in [3.63, 3.8) is 0 Å². The molecule has 1 heterocycles. The lowest BCUT2D eigenvalue weighted by Gasteiger charge is -2.10. The molecular formula is C16H19F2N3. The van der Waals surface area contributed by atoms with E-state index >= 15 is 0 Å². The molecule has 0 radical (unpaired) electrons. The van der Waals surface area contributed by atoms with E-state index < -0.39 is 11.6 Å². The molecule has 0 atom stereocenters. The summed E-state index contributed by atoms with van der Waals surface area (Å²) in [6, 6.07) is 3.29. The molecule has 0 aliphatic heterocycles. The molecular weight excluding hydrogens is 272 g/mol. The summed E-state index contributed by atoms with van der Waals surface area (Å²) in [4.78, 5) is 0. The van der Waals surface area contributed by atoms with Crippen molar-refractivity contribution in [3.05, 3.63) is 46.3 Å². The zero-order valence-corrected chi connectivity index (χ0v) is 12.5. The highest BCUT2D eigenvalue weighted by Crippen LogP contribution is 2.24. The predicted molar refractivity (Wildman–Crippen MR) is 77.6 cm³/mol. The molecule has 0 unspecified atom stereocenters. The Balaban J connectivity index is 1.96. The van der Waals surface area contributed by atoms with Crippen LogP contribution in [0.4, 0.5) is 8.78 Å². The molecule has 3 rings (SSSR count). The van der Waals surface area contributed by atoms with Crippen LogP contribution in [0.15, 0.2) is 12.1 Å². The van der Waals surface area contributed by atoms with Gasteiger partial charge in [-0.1, -0.05) is 0 Å². The lowest BCUT2D eigenvalue weighted by atomic mass is 10.1. The fraction of sp³-hybridized carbons (Fsp3) is 0.438. The summed E-state index contributed by atoms with van der Waals surface area (Å²) in [6.45, 7) is 6.05. The van der Waals surface area contributed by atoms with Gasteiger partial charge >= 0.3 is 0 Å². The van der Waals surface area contributed by atoms with E-state index in [2.05, 4.69) is 10.4 Å². The molecule has 1 aliphatic carbocycles. The molecule has 0 saturated heterocycles. The van der Waals surface area contributed by atoms with E-state index in [0.29, 0.717) is 18.2 Å². The molecule has 21 heavy (non-hydrogen) atoms. The minimum absolute atomic E-state index is 0.0983. The van der Waals surface area contributed by atoms with Crippen LogP contribution in [0.2, 0.25) is 0 Å². The maximum absolute atomic E-state index is 14.3. The minimum atomic E-state index is -0.576. The van der Waals surface area contributed by atoms with Crippen molar-refractivity contribution in [2.45, 2.75) is 46.2 Å². The van der Waals surface area contributed by atoms with Crippen LogP contribution in [0.3, 0.4) is 0 Å². The summed E-state index contributed by atoms with van der Waals surface area (Å²) in [5.74, 6) is -1.15. The number of benzene rings is 1.